The molecule has 0 unspecified atom stereocenters. The highest BCUT2D eigenvalue weighted by molar-refractivity contribution is 5.94. The first-order chi connectivity index (χ1) is 8.91. The fourth-order valence-electron chi connectivity index (χ4n) is 1.37. The SMILES string of the molecule is Cc1nc(C(=O)NCCNC(N)=O)ccc1C(=O)O. The van der Waals surface area contributed by atoms with Crippen LogP contribution in [-0.4, -0.2) is 41.1 Å². The molecular weight excluding hydrogens is 252 g/mol. The zero-order valence-corrected chi connectivity index (χ0v) is 10.3. The van der Waals surface area contributed by atoms with Crippen molar-refractivity contribution >= 4 is 17.9 Å². The highest BCUT2D eigenvalue weighted by Crippen LogP contribution is 2.06. The van der Waals surface area contributed by atoms with Gasteiger partial charge in [-0.1, -0.05) is 0 Å². The lowest BCUT2D eigenvalue weighted by Gasteiger charge is -2.06. The van der Waals surface area contributed by atoms with Crippen molar-refractivity contribution in [1.29, 1.82) is 0 Å². The third-order valence-electron chi connectivity index (χ3n) is 2.26. The van der Waals surface area contributed by atoms with Crippen LogP contribution in [-0.2, 0) is 0 Å². The van der Waals surface area contributed by atoms with Gasteiger partial charge in [-0.05, 0) is 19.1 Å². The number of nitrogens with one attached hydrogen (secondary N) is 2. The van der Waals surface area contributed by atoms with Crippen molar-refractivity contribution in [2.45, 2.75) is 6.92 Å². The molecule has 3 amide bonds. The maximum Gasteiger partial charge on any atom is 0.337 e. The van der Waals surface area contributed by atoms with E-state index in [0.29, 0.717) is 0 Å². The van der Waals surface area contributed by atoms with Crippen LogP contribution in [0, 0.1) is 6.92 Å². The van der Waals surface area contributed by atoms with Crippen molar-refractivity contribution in [3.8, 4) is 0 Å². The van der Waals surface area contributed by atoms with E-state index >= 15 is 0 Å². The molecule has 8 nitrogen and oxygen atoms in total. The van der Waals surface area contributed by atoms with Gasteiger partial charge in [-0.2, -0.15) is 0 Å². The average molecular weight is 266 g/mol. The van der Waals surface area contributed by atoms with Gasteiger partial charge in [0.25, 0.3) is 5.91 Å². The quantitative estimate of drug-likeness (QED) is 0.532. The van der Waals surface area contributed by atoms with Gasteiger partial charge in [0.15, 0.2) is 0 Å². The second-order valence-electron chi connectivity index (χ2n) is 3.68. The van der Waals surface area contributed by atoms with E-state index in [1.165, 1.54) is 19.1 Å². The number of carboxylic acids is 1. The molecule has 0 saturated carbocycles. The topological polar surface area (TPSA) is 134 Å². The summed E-state index contributed by atoms with van der Waals surface area (Å²) < 4.78 is 0. The van der Waals surface area contributed by atoms with E-state index in [2.05, 4.69) is 15.6 Å². The highest BCUT2D eigenvalue weighted by atomic mass is 16.4. The monoisotopic (exact) mass is 266 g/mol. The lowest BCUT2D eigenvalue weighted by atomic mass is 10.2. The number of aryl methyl sites for hydroxylation is 1. The van der Waals surface area contributed by atoms with Crippen molar-refractivity contribution in [3.63, 3.8) is 0 Å². The molecule has 1 heterocycles. The lowest BCUT2D eigenvalue weighted by molar-refractivity contribution is 0.0694. The third kappa shape index (κ3) is 4.26. The van der Waals surface area contributed by atoms with Crippen LogP contribution in [0.5, 0.6) is 0 Å². The number of hydrogen-bond acceptors (Lipinski definition) is 4. The third-order valence-corrected chi connectivity index (χ3v) is 2.26. The Labute approximate surface area is 109 Å². The molecule has 0 aliphatic heterocycles. The Morgan fingerprint density at radius 1 is 1.26 bits per heavy atom. The van der Waals surface area contributed by atoms with Crippen molar-refractivity contribution in [3.05, 3.63) is 29.1 Å². The van der Waals surface area contributed by atoms with E-state index in [1.807, 2.05) is 0 Å². The molecule has 0 aliphatic rings. The summed E-state index contributed by atoms with van der Waals surface area (Å²) in [5, 5.41) is 13.7. The molecule has 0 saturated heterocycles. The predicted octanol–water partition coefficient (Wildman–Crippen LogP) is -0.514. The van der Waals surface area contributed by atoms with Gasteiger partial charge in [-0.15, -0.1) is 0 Å². The zero-order chi connectivity index (χ0) is 14.4. The smallest absolute Gasteiger partial charge is 0.337 e. The Kier molecular flexibility index (Phi) is 4.81. The van der Waals surface area contributed by atoms with Gasteiger partial charge < -0.3 is 21.5 Å². The van der Waals surface area contributed by atoms with Crippen LogP contribution in [0.15, 0.2) is 12.1 Å². The first kappa shape index (κ1) is 14.4. The average Bonchev–Trinajstić information content (AvgIpc) is 2.33. The predicted molar refractivity (Wildman–Crippen MR) is 65.9 cm³/mol. The number of pyridine rings is 1. The second-order valence-corrected chi connectivity index (χ2v) is 3.68. The summed E-state index contributed by atoms with van der Waals surface area (Å²) in [6, 6.07) is 1.98. The summed E-state index contributed by atoms with van der Waals surface area (Å²) in [5.41, 5.74) is 5.27. The number of primary amides is 1. The lowest BCUT2D eigenvalue weighted by Crippen LogP contribution is -2.37. The van der Waals surface area contributed by atoms with Crippen molar-refractivity contribution in [2.75, 3.05) is 13.1 Å². The molecule has 102 valence electrons. The summed E-state index contributed by atoms with van der Waals surface area (Å²) in [6.07, 6.45) is 0. The Bertz CT molecular complexity index is 515. The van der Waals surface area contributed by atoms with Gasteiger partial charge in [0.05, 0.1) is 11.3 Å². The fourth-order valence-corrected chi connectivity index (χ4v) is 1.37. The normalized spacial score (nSPS) is 9.74. The van der Waals surface area contributed by atoms with E-state index in [4.69, 9.17) is 10.8 Å². The molecule has 5 N–H and O–H groups in total. The second kappa shape index (κ2) is 6.34. The molecule has 0 spiro atoms. The standard InChI is InChI=1S/C11H14N4O4/c1-6-7(10(17)18)2-3-8(15-6)9(16)13-4-5-14-11(12)19/h2-3H,4-5H2,1H3,(H,13,16)(H,17,18)(H3,12,14,19). The molecule has 0 fully saturated rings. The minimum absolute atomic E-state index is 0.0481. The molecule has 0 aliphatic carbocycles. The summed E-state index contributed by atoms with van der Waals surface area (Å²) >= 11 is 0. The van der Waals surface area contributed by atoms with Crippen LogP contribution in [0.1, 0.15) is 26.5 Å². The van der Waals surface area contributed by atoms with Gasteiger partial charge in [-0.3, -0.25) is 4.79 Å². The number of rotatable bonds is 5. The Balaban J connectivity index is 2.60. The minimum atomic E-state index is -1.09. The molecule has 0 aromatic carbocycles. The van der Waals surface area contributed by atoms with Crippen LogP contribution < -0.4 is 16.4 Å². The highest BCUT2D eigenvalue weighted by Gasteiger charge is 2.12. The number of urea groups is 1. The van der Waals surface area contributed by atoms with Crippen molar-refractivity contribution in [1.82, 2.24) is 15.6 Å². The number of aromatic nitrogens is 1. The molecule has 0 bridgehead atoms. The molecule has 8 heteroatoms. The van der Waals surface area contributed by atoms with E-state index in [1.54, 1.807) is 0 Å². The number of aromatic carboxylic acids is 1. The summed E-state index contributed by atoms with van der Waals surface area (Å²) in [7, 11) is 0. The number of carbonyl (C=O) groups excluding carboxylic acids is 2. The van der Waals surface area contributed by atoms with Crippen molar-refractivity contribution in [2.24, 2.45) is 5.73 Å². The molecule has 0 atom stereocenters. The molecule has 1 rings (SSSR count). The van der Waals surface area contributed by atoms with E-state index in [0.717, 1.165) is 0 Å². The van der Waals surface area contributed by atoms with Crippen LogP contribution in [0.4, 0.5) is 4.79 Å². The maximum absolute atomic E-state index is 11.7. The molecule has 1 aromatic heterocycles. The van der Waals surface area contributed by atoms with Crippen LogP contribution in [0.3, 0.4) is 0 Å². The number of hydrogen-bond donors (Lipinski definition) is 4. The number of carboxylic acid groups (broad SMARTS) is 1. The first-order valence-corrected chi connectivity index (χ1v) is 5.44. The molecule has 0 radical (unpaired) electrons. The summed E-state index contributed by atoms with van der Waals surface area (Å²) in [4.78, 5) is 36.7. The Morgan fingerprint density at radius 3 is 2.42 bits per heavy atom. The van der Waals surface area contributed by atoms with Gasteiger partial charge >= 0.3 is 12.0 Å². The summed E-state index contributed by atoms with van der Waals surface area (Å²) in [5.74, 6) is -1.55. The van der Waals surface area contributed by atoms with Gasteiger partial charge in [0.2, 0.25) is 0 Å². The fraction of sp³-hybridized carbons (Fsp3) is 0.273. The van der Waals surface area contributed by atoms with Gasteiger partial charge in [0, 0.05) is 13.1 Å². The van der Waals surface area contributed by atoms with Crippen LogP contribution in [0.2, 0.25) is 0 Å². The number of nitrogens with two attached hydrogens (primary N) is 1. The first-order valence-electron chi connectivity index (χ1n) is 5.44. The molecular formula is C11H14N4O4. The maximum atomic E-state index is 11.7. The van der Waals surface area contributed by atoms with E-state index in [9.17, 15) is 14.4 Å². The van der Waals surface area contributed by atoms with E-state index < -0.39 is 17.9 Å². The number of amides is 3. The Morgan fingerprint density at radius 2 is 1.89 bits per heavy atom. The number of nitrogens with zero attached hydrogens (tertiary/aromatic N) is 1. The van der Waals surface area contributed by atoms with Gasteiger partial charge in [-0.25, -0.2) is 14.6 Å². The summed E-state index contributed by atoms with van der Waals surface area (Å²) in [6.45, 7) is 1.91. The van der Waals surface area contributed by atoms with Crippen LogP contribution in [0.25, 0.3) is 0 Å². The van der Waals surface area contributed by atoms with E-state index in [-0.39, 0.29) is 30.0 Å². The van der Waals surface area contributed by atoms with Crippen LogP contribution >= 0.6 is 0 Å². The molecule has 1 aromatic rings. The minimum Gasteiger partial charge on any atom is -0.478 e. The molecule has 19 heavy (non-hydrogen) atoms. The van der Waals surface area contributed by atoms with Gasteiger partial charge in [0.1, 0.15) is 5.69 Å². The number of carbonyl (C=O) groups is 3. The zero-order valence-electron chi connectivity index (χ0n) is 10.3. The Hall–Kier alpha value is -2.64. The largest absolute Gasteiger partial charge is 0.478 e. The van der Waals surface area contributed by atoms with Crippen molar-refractivity contribution < 1.29 is 19.5 Å².